The Hall–Kier alpha value is -2.13. The maximum Gasteiger partial charge on any atom is 0.368 e. The van der Waals surface area contributed by atoms with Gasteiger partial charge in [0.25, 0.3) is 0 Å². The standard InChI is InChI=1S/C22H33FN2O5S/c1-7-8-9-16-12-25(14-22(3,4)5)18-10-15(2)19(30-13-17(23)21(26)27)11-20(18)31(28,29)24(16)6/h10-11,13,16H,7-9,12,14H2,1-6H3,(H,26,27)/b17-13-/t16-/m1/s1. The lowest BCUT2D eigenvalue weighted by Gasteiger charge is -2.34. The summed E-state index contributed by atoms with van der Waals surface area (Å²) in [7, 11) is -2.25. The highest BCUT2D eigenvalue weighted by atomic mass is 32.2. The van der Waals surface area contributed by atoms with Crippen LogP contribution in [0.3, 0.4) is 0 Å². The molecule has 1 atom stereocenters. The minimum atomic E-state index is -3.84. The third-order valence-electron chi connectivity index (χ3n) is 5.25. The first kappa shape index (κ1) is 25.1. The number of carboxylic acid groups (broad SMARTS) is 1. The Balaban J connectivity index is 2.62. The lowest BCUT2D eigenvalue weighted by molar-refractivity contribution is -0.134. The Morgan fingerprint density at radius 3 is 2.55 bits per heavy atom. The molecule has 1 aliphatic rings. The van der Waals surface area contributed by atoms with Gasteiger partial charge in [0.1, 0.15) is 16.9 Å². The van der Waals surface area contributed by atoms with E-state index < -0.39 is 21.8 Å². The number of fused-ring (bicyclic) bond motifs is 1. The van der Waals surface area contributed by atoms with E-state index in [2.05, 4.69) is 32.6 Å². The average molecular weight is 457 g/mol. The van der Waals surface area contributed by atoms with E-state index in [-0.39, 0.29) is 22.1 Å². The normalized spacial score (nSPS) is 19.6. The predicted molar refractivity (Wildman–Crippen MR) is 119 cm³/mol. The Bertz CT molecular complexity index is 953. The van der Waals surface area contributed by atoms with Crippen molar-refractivity contribution < 1.29 is 27.4 Å². The second-order valence-corrected chi connectivity index (χ2v) is 11.2. The summed E-state index contributed by atoms with van der Waals surface area (Å²) in [5.74, 6) is -3.13. The van der Waals surface area contributed by atoms with E-state index in [4.69, 9.17) is 9.84 Å². The van der Waals surface area contributed by atoms with Crippen molar-refractivity contribution in [2.45, 2.75) is 64.8 Å². The van der Waals surface area contributed by atoms with Gasteiger partial charge in [0, 0.05) is 32.2 Å². The third kappa shape index (κ3) is 5.98. The van der Waals surface area contributed by atoms with Gasteiger partial charge in [-0.1, -0.05) is 40.5 Å². The van der Waals surface area contributed by atoms with Crippen LogP contribution in [-0.4, -0.2) is 50.0 Å². The van der Waals surface area contributed by atoms with E-state index in [1.54, 1.807) is 20.0 Å². The van der Waals surface area contributed by atoms with Gasteiger partial charge in [-0.3, -0.25) is 0 Å². The summed E-state index contributed by atoms with van der Waals surface area (Å²) >= 11 is 0. The minimum absolute atomic E-state index is 0.0722. The van der Waals surface area contributed by atoms with Gasteiger partial charge in [-0.05, 0) is 30.4 Å². The van der Waals surface area contributed by atoms with Crippen LogP contribution in [0.15, 0.2) is 29.1 Å². The van der Waals surface area contributed by atoms with Crippen LogP contribution in [0.1, 0.15) is 52.5 Å². The van der Waals surface area contributed by atoms with Crippen molar-refractivity contribution >= 4 is 21.7 Å². The molecule has 0 spiro atoms. The second-order valence-electron chi connectivity index (χ2n) is 9.23. The van der Waals surface area contributed by atoms with Gasteiger partial charge in [0.15, 0.2) is 0 Å². The zero-order valence-electron chi connectivity index (χ0n) is 19.1. The first-order valence-corrected chi connectivity index (χ1v) is 11.8. The third-order valence-corrected chi connectivity index (χ3v) is 7.19. The molecule has 1 aromatic rings. The van der Waals surface area contributed by atoms with Crippen LogP contribution < -0.4 is 9.64 Å². The maximum absolute atomic E-state index is 13.5. The van der Waals surface area contributed by atoms with Crippen LogP contribution in [0.5, 0.6) is 5.75 Å². The highest BCUT2D eigenvalue weighted by Crippen LogP contribution is 2.39. The molecule has 0 saturated carbocycles. The van der Waals surface area contributed by atoms with Crippen LogP contribution in [0.4, 0.5) is 10.1 Å². The number of hydrogen-bond donors (Lipinski definition) is 1. The number of unbranched alkanes of at least 4 members (excludes halogenated alkanes) is 1. The lowest BCUT2D eigenvalue weighted by Crippen LogP contribution is -2.43. The lowest BCUT2D eigenvalue weighted by atomic mass is 9.95. The van der Waals surface area contributed by atoms with Crippen LogP contribution >= 0.6 is 0 Å². The highest BCUT2D eigenvalue weighted by molar-refractivity contribution is 7.89. The van der Waals surface area contributed by atoms with Crippen LogP contribution in [0.25, 0.3) is 0 Å². The maximum atomic E-state index is 13.5. The summed E-state index contributed by atoms with van der Waals surface area (Å²) in [5.41, 5.74) is 1.08. The van der Waals surface area contributed by atoms with Gasteiger partial charge in [-0.2, -0.15) is 8.70 Å². The number of hydrogen-bond acceptors (Lipinski definition) is 5. The molecular weight excluding hydrogens is 423 g/mol. The summed E-state index contributed by atoms with van der Waals surface area (Å²) in [6.07, 6.45) is 3.10. The topological polar surface area (TPSA) is 87.1 Å². The van der Waals surface area contributed by atoms with E-state index in [1.807, 2.05) is 0 Å². The number of aliphatic carboxylic acids is 1. The Labute approximate surface area is 184 Å². The van der Waals surface area contributed by atoms with Crippen molar-refractivity contribution in [2.75, 3.05) is 25.0 Å². The monoisotopic (exact) mass is 456 g/mol. The van der Waals surface area contributed by atoms with Crippen molar-refractivity contribution in [3.63, 3.8) is 0 Å². The molecule has 0 aromatic heterocycles. The Kier molecular flexibility index (Phi) is 7.75. The van der Waals surface area contributed by atoms with Crippen molar-refractivity contribution in [1.29, 1.82) is 0 Å². The fourth-order valence-corrected chi connectivity index (χ4v) is 5.24. The van der Waals surface area contributed by atoms with E-state index >= 15 is 0 Å². The molecule has 1 aromatic carbocycles. The molecule has 0 amide bonds. The minimum Gasteiger partial charge on any atom is -0.476 e. The SMILES string of the molecule is CCCC[C@@H]1CN(CC(C)(C)C)c2cc(C)c(O/C=C(\F)C(=O)O)cc2S(=O)(=O)N1C. The van der Waals surface area contributed by atoms with E-state index in [1.165, 1.54) is 10.4 Å². The van der Waals surface area contributed by atoms with E-state index in [0.29, 0.717) is 30.6 Å². The zero-order chi connectivity index (χ0) is 23.6. The number of likely N-dealkylation sites (N-methyl/N-ethyl adjacent to an activating group) is 1. The largest absolute Gasteiger partial charge is 0.476 e. The zero-order valence-corrected chi connectivity index (χ0v) is 19.9. The Morgan fingerprint density at radius 2 is 2.00 bits per heavy atom. The molecule has 2 rings (SSSR count). The molecule has 0 radical (unpaired) electrons. The molecule has 174 valence electrons. The van der Waals surface area contributed by atoms with Gasteiger partial charge in [0.05, 0.1) is 5.69 Å². The number of halogens is 1. The predicted octanol–water partition coefficient (Wildman–Crippen LogP) is 4.31. The molecular formula is C22H33FN2O5S. The molecule has 1 aliphatic heterocycles. The van der Waals surface area contributed by atoms with Crippen LogP contribution in [0, 0.1) is 12.3 Å². The van der Waals surface area contributed by atoms with E-state index in [0.717, 1.165) is 19.3 Å². The highest BCUT2D eigenvalue weighted by Gasteiger charge is 2.37. The summed E-state index contributed by atoms with van der Waals surface area (Å²) < 4.78 is 47.0. The number of benzene rings is 1. The second kappa shape index (κ2) is 9.56. The number of nitrogens with zero attached hydrogens (tertiary/aromatic N) is 2. The van der Waals surface area contributed by atoms with Crippen LogP contribution in [0.2, 0.25) is 0 Å². The molecule has 0 aliphatic carbocycles. The van der Waals surface area contributed by atoms with Crippen molar-refractivity contribution in [2.24, 2.45) is 5.41 Å². The molecule has 0 unspecified atom stereocenters. The molecule has 9 heteroatoms. The summed E-state index contributed by atoms with van der Waals surface area (Å²) in [6.45, 7) is 11.3. The molecule has 0 fully saturated rings. The van der Waals surface area contributed by atoms with Gasteiger partial charge >= 0.3 is 5.97 Å². The van der Waals surface area contributed by atoms with Crippen molar-refractivity contribution in [1.82, 2.24) is 4.31 Å². The molecule has 1 N–H and O–H groups in total. The van der Waals surface area contributed by atoms with Crippen LogP contribution in [-0.2, 0) is 14.8 Å². The average Bonchev–Trinajstić information content (AvgIpc) is 2.72. The first-order chi connectivity index (χ1) is 14.3. The molecule has 0 bridgehead atoms. The number of aryl methyl sites for hydroxylation is 1. The first-order valence-electron chi connectivity index (χ1n) is 10.4. The number of sulfonamides is 1. The fraction of sp³-hybridized carbons (Fsp3) is 0.591. The summed E-state index contributed by atoms with van der Waals surface area (Å²) in [5, 5.41) is 8.69. The van der Waals surface area contributed by atoms with Crippen molar-refractivity contribution in [3.8, 4) is 5.75 Å². The van der Waals surface area contributed by atoms with Gasteiger partial charge in [0.2, 0.25) is 15.9 Å². The van der Waals surface area contributed by atoms with Gasteiger partial charge in [-0.25, -0.2) is 13.2 Å². The quantitative estimate of drug-likeness (QED) is 0.486. The number of anilines is 1. The smallest absolute Gasteiger partial charge is 0.368 e. The molecule has 1 heterocycles. The molecule has 31 heavy (non-hydrogen) atoms. The summed E-state index contributed by atoms with van der Waals surface area (Å²) in [4.78, 5) is 12.9. The summed E-state index contributed by atoms with van der Waals surface area (Å²) in [6, 6.07) is 2.89. The Morgan fingerprint density at radius 1 is 1.35 bits per heavy atom. The van der Waals surface area contributed by atoms with Gasteiger partial charge < -0.3 is 14.7 Å². The van der Waals surface area contributed by atoms with Crippen molar-refractivity contribution in [3.05, 3.63) is 29.8 Å². The number of carboxylic acids is 1. The fourth-order valence-electron chi connectivity index (χ4n) is 3.65. The number of rotatable bonds is 7. The molecule has 0 saturated heterocycles. The number of carbonyl (C=O) groups is 1. The van der Waals surface area contributed by atoms with E-state index in [9.17, 15) is 17.6 Å². The number of ether oxygens (including phenoxy) is 1. The molecule has 7 nitrogen and oxygen atoms in total. The van der Waals surface area contributed by atoms with Gasteiger partial charge in [-0.15, -0.1) is 0 Å².